The molecule has 142 valence electrons. The standard InChI is InChI=1S/C21H24N2O3S/c24-27(25)22-14-21(23-27)18-7-8-19(21)11-17-12-20(9-6-16(17)10-18)26-13-15-4-2-1-3-5-15/h1-6,9,12,18-19,22-23H,7-8,10-11,13-14H2. The maximum atomic E-state index is 12.0. The van der Waals surface area contributed by atoms with Gasteiger partial charge >= 0.3 is 0 Å². The molecule has 3 aliphatic rings. The Morgan fingerprint density at radius 2 is 1.74 bits per heavy atom. The van der Waals surface area contributed by atoms with Crippen LogP contribution in [0.4, 0.5) is 0 Å². The van der Waals surface area contributed by atoms with Crippen LogP contribution in [0.2, 0.25) is 0 Å². The van der Waals surface area contributed by atoms with Gasteiger partial charge in [-0.15, -0.1) is 0 Å². The van der Waals surface area contributed by atoms with Crippen LogP contribution in [0.25, 0.3) is 0 Å². The highest BCUT2D eigenvalue weighted by atomic mass is 32.2. The summed E-state index contributed by atoms with van der Waals surface area (Å²) in [6.45, 7) is 1.06. The molecule has 0 radical (unpaired) electrons. The van der Waals surface area contributed by atoms with E-state index in [2.05, 4.69) is 33.7 Å². The maximum absolute atomic E-state index is 12.0. The van der Waals surface area contributed by atoms with Crippen LogP contribution in [0.1, 0.15) is 29.5 Å². The number of nitrogens with one attached hydrogen (secondary N) is 2. The molecule has 2 bridgehead atoms. The zero-order chi connectivity index (χ0) is 18.5. The summed E-state index contributed by atoms with van der Waals surface area (Å²) in [5.74, 6) is 1.57. The average Bonchev–Trinajstić information content (AvgIpc) is 3.10. The Morgan fingerprint density at radius 1 is 1.00 bits per heavy atom. The smallest absolute Gasteiger partial charge is 0.277 e. The van der Waals surface area contributed by atoms with Crippen molar-refractivity contribution in [1.29, 1.82) is 0 Å². The van der Waals surface area contributed by atoms with Crippen LogP contribution >= 0.6 is 0 Å². The number of rotatable bonds is 3. The number of hydrogen-bond donors (Lipinski definition) is 2. The van der Waals surface area contributed by atoms with Gasteiger partial charge < -0.3 is 4.74 Å². The average molecular weight is 385 g/mol. The van der Waals surface area contributed by atoms with E-state index in [1.165, 1.54) is 11.1 Å². The molecule has 1 saturated carbocycles. The Bertz CT molecular complexity index is 961. The Hall–Kier alpha value is -1.89. The number of ether oxygens (including phenoxy) is 1. The summed E-state index contributed by atoms with van der Waals surface area (Å²) in [6.07, 6.45) is 3.98. The van der Waals surface area contributed by atoms with Crippen molar-refractivity contribution in [3.8, 4) is 5.75 Å². The molecule has 6 heteroatoms. The molecule has 0 amide bonds. The van der Waals surface area contributed by atoms with Gasteiger partial charge in [-0.25, -0.2) is 4.72 Å². The van der Waals surface area contributed by atoms with E-state index in [-0.39, 0.29) is 5.54 Å². The molecule has 2 aromatic rings. The first-order valence-corrected chi connectivity index (χ1v) is 11.1. The molecule has 5 nitrogen and oxygen atoms in total. The van der Waals surface area contributed by atoms with Gasteiger partial charge in [0.2, 0.25) is 0 Å². The highest BCUT2D eigenvalue weighted by molar-refractivity contribution is 7.87. The van der Waals surface area contributed by atoms with E-state index < -0.39 is 10.2 Å². The summed E-state index contributed by atoms with van der Waals surface area (Å²) in [4.78, 5) is 0. The molecule has 3 unspecified atom stereocenters. The molecule has 3 atom stereocenters. The van der Waals surface area contributed by atoms with Gasteiger partial charge in [0.25, 0.3) is 10.2 Å². The topological polar surface area (TPSA) is 67.4 Å². The van der Waals surface area contributed by atoms with Crippen LogP contribution in [0.3, 0.4) is 0 Å². The third-order valence-electron chi connectivity index (χ3n) is 6.56. The van der Waals surface area contributed by atoms with Gasteiger partial charge in [0, 0.05) is 6.54 Å². The minimum absolute atomic E-state index is 0.330. The second-order valence-electron chi connectivity index (χ2n) is 8.05. The van der Waals surface area contributed by atoms with Gasteiger partial charge in [-0.2, -0.15) is 13.1 Å². The number of fused-ring (bicyclic) bond motifs is 1. The lowest BCUT2D eigenvalue weighted by molar-refractivity contribution is 0.245. The molecule has 1 saturated heterocycles. The maximum Gasteiger partial charge on any atom is 0.277 e. The molecule has 2 fully saturated rings. The van der Waals surface area contributed by atoms with Crippen LogP contribution in [-0.2, 0) is 29.7 Å². The zero-order valence-corrected chi connectivity index (χ0v) is 16.0. The van der Waals surface area contributed by atoms with Gasteiger partial charge in [-0.1, -0.05) is 36.4 Å². The largest absolute Gasteiger partial charge is 0.489 e. The quantitative estimate of drug-likeness (QED) is 0.855. The van der Waals surface area contributed by atoms with Crippen molar-refractivity contribution in [3.05, 3.63) is 65.2 Å². The molecule has 27 heavy (non-hydrogen) atoms. The lowest BCUT2D eigenvalue weighted by Crippen LogP contribution is -2.52. The summed E-state index contributed by atoms with van der Waals surface area (Å²) >= 11 is 0. The van der Waals surface area contributed by atoms with Crippen molar-refractivity contribution in [2.45, 2.75) is 37.8 Å². The van der Waals surface area contributed by atoms with Crippen molar-refractivity contribution in [2.75, 3.05) is 6.54 Å². The molecular formula is C21H24N2O3S. The molecule has 1 aliphatic heterocycles. The highest BCUT2D eigenvalue weighted by Gasteiger charge is 2.56. The monoisotopic (exact) mass is 384 g/mol. The first-order chi connectivity index (χ1) is 13.0. The summed E-state index contributed by atoms with van der Waals surface area (Å²) < 4.78 is 35.8. The highest BCUT2D eigenvalue weighted by Crippen LogP contribution is 2.49. The molecule has 1 heterocycles. The van der Waals surface area contributed by atoms with Crippen LogP contribution in [0.15, 0.2) is 48.5 Å². The van der Waals surface area contributed by atoms with E-state index in [9.17, 15) is 8.42 Å². The number of benzene rings is 2. The van der Waals surface area contributed by atoms with E-state index in [0.29, 0.717) is 25.0 Å². The molecule has 1 spiro atoms. The van der Waals surface area contributed by atoms with Crippen molar-refractivity contribution < 1.29 is 13.2 Å². The summed E-state index contributed by atoms with van der Waals surface area (Å²) in [5, 5.41) is 0. The molecule has 2 aliphatic carbocycles. The number of hydrogen-bond acceptors (Lipinski definition) is 3. The SMILES string of the molecule is O=S1(=O)NCC2(N1)C1CCC2Cc2cc(OCc3ccccc3)ccc2C1. The summed E-state index contributed by atoms with van der Waals surface area (Å²) in [5.41, 5.74) is 3.46. The molecule has 2 aromatic carbocycles. The Labute approximate surface area is 160 Å². The van der Waals surface area contributed by atoms with E-state index >= 15 is 0 Å². The van der Waals surface area contributed by atoms with Gasteiger partial charge in [-0.3, -0.25) is 0 Å². The van der Waals surface area contributed by atoms with Gasteiger partial charge in [0.15, 0.2) is 0 Å². The fraction of sp³-hybridized carbons (Fsp3) is 0.429. The van der Waals surface area contributed by atoms with E-state index in [0.717, 1.165) is 37.0 Å². The third kappa shape index (κ3) is 3.06. The zero-order valence-electron chi connectivity index (χ0n) is 15.1. The van der Waals surface area contributed by atoms with Crippen molar-refractivity contribution in [1.82, 2.24) is 9.44 Å². The predicted octanol–water partition coefficient (Wildman–Crippen LogP) is 2.57. The lowest BCUT2D eigenvalue weighted by Gasteiger charge is -2.33. The fourth-order valence-electron chi connectivity index (χ4n) is 5.16. The van der Waals surface area contributed by atoms with Gasteiger partial charge in [0.05, 0.1) is 5.54 Å². The third-order valence-corrected chi connectivity index (χ3v) is 7.73. The minimum Gasteiger partial charge on any atom is -0.489 e. The van der Waals surface area contributed by atoms with Crippen LogP contribution in [0.5, 0.6) is 5.75 Å². The van der Waals surface area contributed by atoms with Crippen molar-refractivity contribution >= 4 is 10.2 Å². The Kier molecular flexibility index (Phi) is 4.04. The van der Waals surface area contributed by atoms with Crippen LogP contribution < -0.4 is 14.2 Å². The van der Waals surface area contributed by atoms with Gasteiger partial charge in [0.1, 0.15) is 12.4 Å². The second-order valence-corrected chi connectivity index (χ2v) is 9.55. The van der Waals surface area contributed by atoms with E-state index in [4.69, 9.17) is 4.74 Å². The lowest BCUT2D eigenvalue weighted by atomic mass is 9.80. The van der Waals surface area contributed by atoms with Crippen molar-refractivity contribution in [2.24, 2.45) is 11.8 Å². The first-order valence-electron chi connectivity index (χ1n) is 9.61. The minimum atomic E-state index is -3.36. The Balaban J connectivity index is 1.39. The van der Waals surface area contributed by atoms with E-state index in [1.54, 1.807) is 0 Å². The summed E-state index contributed by atoms with van der Waals surface area (Å²) in [6, 6.07) is 16.5. The van der Waals surface area contributed by atoms with Gasteiger partial charge in [-0.05, 0) is 66.3 Å². The molecule has 5 rings (SSSR count). The van der Waals surface area contributed by atoms with Crippen molar-refractivity contribution in [3.63, 3.8) is 0 Å². The second kappa shape index (κ2) is 6.33. The van der Waals surface area contributed by atoms with Crippen LogP contribution in [0, 0.1) is 11.8 Å². The normalized spacial score (nSPS) is 30.8. The first kappa shape index (κ1) is 17.2. The summed E-state index contributed by atoms with van der Waals surface area (Å²) in [7, 11) is -3.36. The molecule has 0 aromatic heterocycles. The van der Waals surface area contributed by atoms with Crippen LogP contribution in [-0.4, -0.2) is 20.5 Å². The molecular weight excluding hydrogens is 360 g/mol. The molecule has 2 N–H and O–H groups in total. The predicted molar refractivity (Wildman–Crippen MR) is 104 cm³/mol. The fourth-order valence-corrected chi connectivity index (χ4v) is 6.57. The Morgan fingerprint density at radius 3 is 2.44 bits per heavy atom. The van der Waals surface area contributed by atoms with E-state index in [1.807, 2.05) is 24.3 Å².